The van der Waals surface area contributed by atoms with E-state index in [9.17, 15) is 0 Å². The van der Waals surface area contributed by atoms with E-state index >= 15 is 0 Å². The van der Waals surface area contributed by atoms with Crippen molar-refractivity contribution in [2.75, 3.05) is 37.5 Å². The molecule has 94 valence electrons. The molecule has 0 saturated carbocycles. The Morgan fingerprint density at radius 1 is 1.53 bits per heavy atom. The van der Waals surface area contributed by atoms with Gasteiger partial charge in [0.15, 0.2) is 0 Å². The molecule has 0 radical (unpaired) electrons. The number of rotatable bonds is 4. The van der Waals surface area contributed by atoms with Crippen molar-refractivity contribution in [2.24, 2.45) is 0 Å². The number of nitrogens with zero attached hydrogens (tertiary/aromatic N) is 1. The molecule has 17 heavy (non-hydrogen) atoms. The maximum Gasteiger partial charge on any atom is 0.144 e. The maximum atomic E-state index is 6.13. The maximum absolute atomic E-state index is 6.13. The Labute approximate surface area is 102 Å². The standard InChI is InChI=1S/C13H20N2O2/c1-3-17-12-6-4-5-11(13(12)14)15(2)10-7-8-16-9-10/h4-6,10H,3,7-9,14H2,1-2H3. The van der Waals surface area contributed by atoms with Gasteiger partial charge in [-0.3, -0.25) is 0 Å². The summed E-state index contributed by atoms with van der Waals surface area (Å²) in [4.78, 5) is 2.19. The third kappa shape index (κ3) is 2.47. The van der Waals surface area contributed by atoms with Gasteiger partial charge < -0.3 is 20.1 Å². The van der Waals surface area contributed by atoms with Crippen molar-refractivity contribution in [1.82, 2.24) is 0 Å². The van der Waals surface area contributed by atoms with Gasteiger partial charge in [-0.15, -0.1) is 0 Å². The number of ether oxygens (including phenoxy) is 2. The highest BCUT2D eigenvalue weighted by Gasteiger charge is 2.22. The fraction of sp³-hybridized carbons (Fsp3) is 0.538. The van der Waals surface area contributed by atoms with Gasteiger partial charge in [-0.05, 0) is 25.5 Å². The number of benzene rings is 1. The summed E-state index contributed by atoms with van der Waals surface area (Å²) in [5.41, 5.74) is 7.86. The second-order valence-electron chi connectivity index (χ2n) is 4.25. The molecule has 1 aliphatic rings. The van der Waals surface area contributed by atoms with Gasteiger partial charge >= 0.3 is 0 Å². The van der Waals surface area contributed by atoms with Crippen molar-refractivity contribution in [2.45, 2.75) is 19.4 Å². The predicted molar refractivity (Wildman–Crippen MR) is 69.7 cm³/mol. The molecule has 0 aliphatic carbocycles. The Morgan fingerprint density at radius 2 is 2.35 bits per heavy atom. The third-order valence-corrected chi connectivity index (χ3v) is 3.18. The van der Waals surface area contributed by atoms with Crippen LogP contribution < -0.4 is 15.4 Å². The van der Waals surface area contributed by atoms with Crippen LogP contribution in [0, 0.1) is 0 Å². The van der Waals surface area contributed by atoms with Gasteiger partial charge in [0, 0.05) is 13.7 Å². The molecule has 0 bridgehead atoms. The number of likely N-dealkylation sites (N-methyl/N-ethyl adjacent to an activating group) is 1. The summed E-state index contributed by atoms with van der Waals surface area (Å²) < 4.78 is 10.9. The van der Waals surface area contributed by atoms with E-state index in [1.165, 1.54) is 0 Å². The molecule has 1 aromatic rings. The van der Waals surface area contributed by atoms with Crippen molar-refractivity contribution >= 4 is 11.4 Å². The number of nitrogen functional groups attached to an aromatic ring is 1. The van der Waals surface area contributed by atoms with E-state index in [0.29, 0.717) is 18.3 Å². The molecule has 1 aromatic carbocycles. The Bertz CT molecular complexity index is 376. The van der Waals surface area contributed by atoms with Crippen LogP contribution in [0.25, 0.3) is 0 Å². The third-order valence-electron chi connectivity index (χ3n) is 3.18. The average molecular weight is 236 g/mol. The molecular weight excluding hydrogens is 216 g/mol. The molecule has 1 heterocycles. The molecule has 0 spiro atoms. The van der Waals surface area contributed by atoms with Crippen LogP contribution in [0.5, 0.6) is 5.75 Å². The molecule has 4 heteroatoms. The van der Waals surface area contributed by atoms with Gasteiger partial charge in [0.2, 0.25) is 0 Å². The zero-order valence-electron chi connectivity index (χ0n) is 10.5. The van der Waals surface area contributed by atoms with Gasteiger partial charge in [-0.1, -0.05) is 6.07 Å². The van der Waals surface area contributed by atoms with Crippen molar-refractivity contribution in [3.8, 4) is 5.75 Å². The van der Waals surface area contributed by atoms with Crippen LogP contribution in [-0.4, -0.2) is 32.9 Å². The molecule has 1 aliphatic heterocycles. The normalized spacial score (nSPS) is 19.3. The summed E-state index contributed by atoms with van der Waals surface area (Å²) in [6.07, 6.45) is 1.05. The van der Waals surface area contributed by atoms with E-state index in [-0.39, 0.29) is 0 Å². The first-order valence-corrected chi connectivity index (χ1v) is 6.06. The van der Waals surface area contributed by atoms with Crippen LogP contribution >= 0.6 is 0 Å². The van der Waals surface area contributed by atoms with Gasteiger partial charge in [-0.25, -0.2) is 0 Å². The highest BCUT2D eigenvalue weighted by molar-refractivity contribution is 5.74. The lowest BCUT2D eigenvalue weighted by atomic mass is 10.1. The minimum absolute atomic E-state index is 0.411. The first-order valence-electron chi connectivity index (χ1n) is 6.06. The lowest BCUT2D eigenvalue weighted by molar-refractivity contribution is 0.193. The van der Waals surface area contributed by atoms with Crippen LogP contribution in [0.1, 0.15) is 13.3 Å². The van der Waals surface area contributed by atoms with Gasteiger partial charge in [0.25, 0.3) is 0 Å². The van der Waals surface area contributed by atoms with Crippen LogP contribution in [0.2, 0.25) is 0 Å². The molecule has 1 fully saturated rings. The first-order chi connectivity index (χ1) is 8.24. The van der Waals surface area contributed by atoms with Crippen LogP contribution in [0.15, 0.2) is 18.2 Å². The molecule has 2 N–H and O–H groups in total. The van der Waals surface area contributed by atoms with Crippen LogP contribution in [-0.2, 0) is 4.74 Å². The summed E-state index contributed by atoms with van der Waals surface area (Å²) >= 11 is 0. The molecular formula is C13H20N2O2. The Kier molecular flexibility index (Phi) is 3.74. The summed E-state index contributed by atoms with van der Waals surface area (Å²) in [5.74, 6) is 0.760. The van der Waals surface area contributed by atoms with E-state index in [1.807, 2.05) is 25.1 Å². The molecule has 4 nitrogen and oxygen atoms in total. The van der Waals surface area contributed by atoms with Crippen molar-refractivity contribution in [3.05, 3.63) is 18.2 Å². The molecule has 1 atom stereocenters. The zero-order chi connectivity index (χ0) is 12.3. The summed E-state index contributed by atoms with van der Waals surface area (Å²) in [6, 6.07) is 6.31. The van der Waals surface area contributed by atoms with Gasteiger partial charge in [0.1, 0.15) is 5.75 Å². The molecule has 0 aromatic heterocycles. The lowest BCUT2D eigenvalue weighted by Gasteiger charge is -2.27. The van der Waals surface area contributed by atoms with Gasteiger partial charge in [-0.2, -0.15) is 0 Å². The Balaban J connectivity index is 2.21. The topological polar surface area (TPSA) is 47.7 Å². The summed E-state index contributed by atoms with van der Waals surface area (Å²) in [6.45, 7) is 4.19. The van der Waals surface area contributed by atoms with E-state index in [0.717, 1.165) is 31.1 Å². The Morgan fingerprint density at radius 3 is 3.00 bits per heavy atom. The molecule has 0 amide bonds. The van der Waals surface area contributed by atoms with Crippen molar-refractivity contribution in [3.63, 3.8) is 0 Å². The van der Waals surface area contributed by atoms with E-state index in [4.69, 9.17) is 15.2 Å². The predicted octanol–water partition coefficient (Wildman–Crippen LogP) is 1.89. The largest absolute Gasteiger partial charge is 0.492 e. The lowest BCUT2D eigenvalue weighted by Crippen LogP contribution is -2.32. The SMILES string of the molecule is CCOc1cccc(N(C)C2CCOC2)c1N. The fourth-order valence-electron chi connectivity index (χ4n) is 2.15. The summed E-state index contributed by atoms with van der Waals surface area (Å²) in [5, 5.41) is 0. The van der Waals surface area contributed by atoms with Crippen molar-refractivity contribution in [1.29, 1.82) is 0 Å². The molecule has 2 rings (SSSR count). The molecule has 1 saturated heterocycles. The minimum Gasteiger partial charge on any atom is -0.492 e. The quantitative estimate of drug-likeness (QED) is 0.811. The fourth-order valence-corrected chi connectivity index (χ4v) is 2.15. The average Bonchev–Trinajstić information content (AvgIpc) is 2.85. The summed E-state index contributed by atoms with van der Waals surface area (Å²) in [7, 11) is 2.06. The zero-order valence-corrected chi connectivity index (χ0v) is 10.5. The van der Waals surface area contributed by atoms with Gasteiger partial charge in [0.05, 0.1) is 30.6 Å². The highest BCUT2D eigenvalue weighted by Crippen LogP contribution is 2.33. The molecule has 1 unspecified atom stereocenters. The van der Waals surface area contributed by atoms with E-state index < -0.39 is 0 Å². The second kappa shape index (κ2) is 5.27. The number of hydrogen-bond acceptors (Lipinski definition) is 4. The monoisotopic (exact) mass is 236 g/mol. The number of hydrogen-bond donors (Lipinski definition) is 1. The minimum atomic E-state index is 0.411. The smallest absolute Gasteiger partial charge is 0.144 e. The van der Waals surface area contributed by atoms with Crippen molar-refractivity contribution < 1.29 is 9.47 Å². The highest BCUT2D eigenvalue weighted by atomic mass is 16.5. The van der Waals surface area contributed by atoms with Crippen LogP contribution in [0.4, 0.5) is 11.4 Å². The first kappa shape index (κ1) is 12.0. The second-order valence-corrected chi connectivity index (χ2v) is 4.25. The number of nitrogens with two attached hydrogens (primary N) is 1. The van der Waals surface area contributed by atoms with E-state index in [2.05, 4.69) is 11.9 Å². The number of anilines is 2. The van der Waals surface area contributed by atoms with E-state index in [1.54, 1.807) is 0 Å². The van der Waals surface area contributed by atoms with Crippen LogP contribution in [0.3, 0.4) is 0 Å². The number of para-hydroxylation sites is 1. The Hall–Kier alpha value is -1.42.